The summed E-state index contributed by atoms with van der Waals surface area (Å²) in [6, 6.07) is 0.123. The number of ether oxygens (including phenoxy) is 4. The summed E-state index contributed by atoms with van der Waals surface area (Å²) >= 11 is 0. The van der Waals surface area contributed by atoms with Crippen LogP contribution < -0.4 is 4.72 Å². The molecule has 0 aromatic heterocycles. The predicted molar refractivity (Wildman–Crippen MR) is 379 cm³/mol. The molecule has 0 unspecified atom stereocenters. The van der Waals surface area contributed by atoms with Gasteiger partial charge in [-0.15, -0.1) is 0 Å². The second-order valence-electron chi connectivity index (χ2n) is 36.9. The molecule has 4 saturated heterocycles. The number of carbonyl (C=O) groups is 7. The van der Waals surface area contributed by atoms with Gasteiger partial charge in [-0.1, -0.05) is 47.6 Å². The number of hydrogen-bond acceptors (Lipinski definition) is 15. The largest absolute Gasteiger partial charge is 0.444 e. The molecule has 0 radical (unpaired) electrons. The first kappa shape index (κ1) is 81.9. The number of rotatable bonds is 6. The van der Waals surface area contributed by atoms with E-state index in [-0.39, 0.29) is 91.7 Å². The van der Waals surface area contributed by atoms with Gasteiger partial charge in [-0.25, -0.2) is 28.1 Å². The quantitative estimate of drug-likeness (QED) is 0.186. The van der Waals surface area contributed by atoms with Crippen molar-refractivity contribution in [3.05, 3.63) is 12.2 Å². The van der Waals surface area contributed by atoms with Crippen LogP contribution in [0.25, 0.3) is 0 Å². The lowest BCUT2D eigenvalue weighted by Crippen LogP contribution is -2.52. The fraction of sp³-hybridized carbons (Fsp3) is 0.875. The average molecular weight is 1390 g/mol. The lowest BCUT2D eigenvalue weighted by atomic mass is 9.74. The van der Waals surface area contributed by atoms with E-state index in [1.165, 1.54) is 0 Å². The van der Waals surface area contributed by atoms with Crippen molar-refractivity contribution in [2.45, 2.75) is 329 Å². The Balaban J connectivity index is 0.000000235. The maximum absolute atomic E-state index is 13.0. The molecule has 546 valence electrons. The molecule has 4 heterocycles. The molecule has 4 aliphatic carbocycles. The topological polar surface area (TPSA) is 237 Å². The fourth-order valence-electron chi connectivity index (χ4n) is 13.6. The highest BCUT2D eigenvalue weighted by Gasteiger charge is 2.55. The van der Waals surface area contributed by atoms with Gasteiger partial charge in [0.25, 0.3) is 0 Å². The van der Waals surface area contributed by atoms with Crippen molar-refractivity contribution in [3.8, 4) is 0 Å². The Labute approximate surface area is 577 Å². The van der Waals surface area contributed by atoms with E-state index in [0.717, 1.165) is 64.2 Å². The van der Waals surface area contributed by atoms with Crippen LogP contribution >= 0.6 is 0 Å². The van der Waals surface area contributed by atoms with Crippen LogP contribution in [0.2, 0.25) is 36.3 Å². The van der Waals surface area contributed by atoms with Gasteiger partial charge in [0.15, 0.2) is 22.4 Å². The van der Waals surface area contributed by atoms with Crippen molar-refractivity contribution in [3.63, 3.8) is 0 Å². The number of nitrogens with one attached hydrogen (secondary N) is 1. The van der Waals surface area contributed by atoms with E-state index in [1.807, 2.05) is 115 Å². The third-order valence-electron chi connectivity index (χ3n) is 21.3. The minimum absolute atomic E-state index is 0.00749. The lowest BCUT2D eigenvalue weighted by molar-refractivity contribution is -0.128. The number of allylic oxidation sites excluding steroid dienone is 2. The summed E-state index contributed by atoms with van der Waals surface area (Å²) in [6.45, 7) is 55.9. The molecule has 5 atom stereocenters. The number of amides is 4. The molecule has 4 spiro atoms. The summed E-state index contributed by atoms with van der Waals surface area (Å²) in [7, 11) is -4.92. The number of likely N-dealkylation sites (tertiary alicyclic amines) is 4. The zero-order valence-electron chi connectivity index (χ0n) is 63.6. The average Bonchev–Trinajstić information content (AvgIpc) is 1.65. The number of Topliss-reactive ketones (excluding diaryl/α,β-unsaturated/α-hetero) is 2. The van der Waals surface area contributed by atoms with Gasteiger partial charge >= 0.3 is 24.4 Å². The molecule has 95 heavy (non-hydrogen) atoms. The highest BCUT2D eigenvalue weighted by Crippen LogP contribution is 2.52. The third-order valence-corrected chi connectivity index (χ3v) is 32.0. The number of carbonyl (C=O) groups excluding carboxylic acids is 7. The van der Waals surface area contributed by atoms with Gasteiger partial charge < -0.3 is 52.5 Å². The molecule has 4 aliphatic heterocycles. The van der Waals surface area contributed by atoms with Crippen molar-refractivity contribution in [2.24, 2.45) is 21.7 Å². The maximum atomic E-state index is 13.0. The Hall–Kier alpha value is -3.75. The van der Waals surface area contributed by atoms with Gasteiger partial charge in [-0.3, -0.25) is 14.4 Å². The second kappa shape index (κ2) is 30.2. The van der Waals surface area contributed by atoms with Crippen LogP contribution in [0, 0.1) is 21.7 Å². The van der Waals surface area contributed by atoms with E-state index < -0.39 is 61.5 Å². The van der Waals surface area contributed by atoms with Gasteiger partial charge in [0.2, 0.25) is 0 Å². The van der Waals surface area contributed by atoms with Crippen LogP contribution in [0.1, 0.15) is 242 Å². The van der Waals surface area contributed by atoms with Gasteiger partial charge in [-0.2, -0.15) is 0 Å². The monoisotopic (exact) mass is 1390 g/mol. The SMILES string of the molecule is CC(C)(C)OC(=O)N1CCC2(CC1)C[C@@H](O)CC2=O.CC(C)(C)OC(=O)N1CCC2(CC1)C[C@@H](O[Si](C)(C)C(C)(C)C)CC2=O.CC(C)(C)OC(=O)N1CCC2(CC1)C[C@@H](O[Si](C)(C)C(C)(C)C)C[C@H]2N[S@](=O)C(C)(C)C.CC(C)(C)OC(=O)N1CCC2(CC=CC2=O)CC1. The molecule has 8 rings (SSSR count). The Morgan fingerprint density at radius 2 is 0.811 bits per heavy atom. The molecule has 8 aliphatic rings. The predicted octanol–water partition coefficient (Wildman–Crippen LogP) is 14.6. The van der Waals surface area contributed by atoms with Crippen LogP contribution in [0.15, 0.2) is 12.2 Å². The molecule has 0 bridgehead atoms. The summed E-state index contributed by atoms with van der Waals surface area (Å²) in [5.74, 6) is 0.709. The summed E-state index contributed by atoms with van der Waals surface area (Å²) in [4.78, 5) is 92.2. The second-order valence-corrected chi connectivity index (χ2v) is 48.4. The number of aliphatic hydroxyl groups is 1. The minimum atomic E-state index is -1.90. The molecule has 20 nitrogen and oxygen atoms in total. The first-order valence-electron chi connectivity index (χ1n) is 35.4. The molecule has 3 saturated carbocycles. The first-order chi connectivity index (χ1) is 43.0. The summed E-state index contributed by atoms with van der Waals surface area (Å²) in [5.41, 5.74) is -2.86. The van der Waals surface area contributed by atoms with E-state index in [9.17, 15) is 42.9 Å². The van der Waals surface area contributed by atoms with Crippen LogP contribution in [0.4, 0.5) is 19.2 Å². The number of ketones is 3. The molecular weight excluding hydrogens is 1260 g/mol. The highest BCUT2D eigenvalue weighted by molar-refractivity contribution is 7.84. The molecule has 4 amide bonds. The van der Waals surface area contributed by atoms with Crippen molar-refractivity contribution < 1.29 is 70.7 Å². The van der Waals surface area contributed by atoms with Crippen molar-refractivity contribution >= 4 is 69.3 Å². The third kappa shape index (κ3) is 22.6. The summed E-state index contributed by atoms with van der Waals surface area (Å²) < 4.78 is 51.2. The van der Waals surface area contributed by atoms with Crippen molar-refractivity contribution in [1.29, 1.82) is 0 Å². The van der Waals surface area contributed by atoms with Crippen molar-refractivity contribution in [2.75, 3.05) is 52.4 Å². The molecule has 0 aromatic rings. The standard InChI is InChI=1S/C24H48N2O4SSi.C20H37NO4Si.C14H23NO4.C14H21NO3/c1-21(2,3)29-20(27)26-14-12-24(13-15-26)17-18(30-32(10,11)23(7,8)9)16-19(24)25-31(28)22(4,5)6;1-18(2,3)24-17(23)21-11-9-20(10-12-21)14-15(13-16(20)22)25-26(7,8)19(4,5)6;1-13(2,3)19-12(18)15-6-4-14(5-7-15)9-10(16)8-11(14)17;1-13(2,3)18-12(17)15-9-7-14(8-10-15)6-4-5-11(14)16/h18-19,25H,12-17H2,1-11H3;15H,9-14H2,1-8H3;10,16H,4-9H2,1-3H3;4-5H,6-10H2,1-3H3/t18-,19+,31+;15-;10-;/m000./s1. The van der Waals surface area contributed by atoms with E-state index >= 15 is 0 Å². The number of hydrogen-bond donors (Lipinski definition) is 2. The normalized spacial score (nSPS) is 25.0. The summed E-state index contributed by atoms with van der Waals surface area (Å²) in [5, 5.41) is 9.92. The van der Waals surface area contributed by atoms with Gasteiger partial charge in [-0.05, 0) is 235 Å². The fourth-order valence-corrected chi connectivity index (χ4v) is 17.3. The smallest absolute Gasteiger partial charge is 0.410 e. The van der Waals surface area contributed by atoms with Gasteiger partial charge in [0.05, 0.1) is 27.9 Å². The highest BCUT2D eigenvalue weighted by atomic mass is 32.2. The van der Waals surface area contributed by atoms with Gasteiger partial charge in [0.1, 0.15) is 34.0 Å². The van der Waals surface area contributed by atoms with Crippen LogP contribution in [-0.2, 0) is 53.2 Å². The zero-order valence-corrected chi connectivity index (χ0v) is 66.4. The zero-order chi connectivity index (χ0) is 72.4. The van der Waals surface area contributed by atoms with E-state index in [0.29, 0.717) is 83.8 Å². The van der Waals surface area contributed by atoms with Crippen LogP contribution in [0.3, 0.4) is 0 Å². The minimum Gasteiger partial charge on any atom is -0.444 e. The van der Waals surface area contributed by atoms with E-state index in [1.54, 1.807) is 20.8 Å². The number of aliphatic hydroxyl groups excluding tert-OH is 1. The Bertz CT molecular complexity index is 2740. The summed E-state index contributed by atoms with van der Waals surface area (Å²) in [6.07, 6.45) is 13.1. The first-order valence-corrected chi connectivity index (χ1v) is 42.3. The van der Waals surface area contributed by atoms with E-state index in [4.69, 9.17) is 27.8 Å². The maximum Gasteiger partial charge on any atom is 0.410 e. The number of piperidine rings is 4. The molecule has 0 aromatic carbocycles. The van der Waals surface area contributed by atoms with Crippen LogP contribution in [-0.4, -0.2) is 191 Å². The molecular formula is C72H129N5O15SSi2. The van der Waals surface area contributed by atoms with Gasteiger partial charge in [0, 0.05) is 93.6 Å². The molecule has 2 N–H and O–H groups in total. The van der Waals surface area contributed by atoms with Crippen molar-refractivity contribution in [1.82, 2.24) is 24.3 Å². The molecule has 7 fully saturated rings. The Kier molecular flexibility index (Phi) is 26.1. The lowest BCUT2D eigenvalue weighted by Gasteiger charge is -2.44. The Morgan fingerprint density at radius 3 is 1.12 bits per heavy atom. The molecule has 23 heteroatoms. The van der Waals surface area contributed by atoms with E-state index in [2.05, 4.69) is 72.5 Å². The Morgan fingerprint density at radius 1 is 0.484 bits per heavy atom. The van der Waals surface area contributed by atoms with Crippen LogP contribution in [0.5, 0.6) is 0 Å². The number of nitrogens with zero attached hydrogens (tertiary/aromatic N) is 4.